The van der Waals surface area contributed by atoms with E-state index in [1.165, 1.54) is 0 Å². The van der Waals surface area contributed by atoms with E-state index in [0.717, 1.165) is 18.4 Å². The Kier molecular flexibility index (Phi) is 2.33. The molecule has 1 aromatic carbocycles. The highest BCUT2D eigenvalue weighted by Crippen LogP contribution is 2.46. The molecule has 1 fully saturated rings. The van der Waals surface area contributed by atoms with Gasteiger partial charge in [0.05, 0.1) is 5.41 Å². The lowest BCUT2D eigenvalue weighted by molar-refractivity contribution is -0.143. The fourth-order valence-corrected chi connectivity index (χ4v) is 3.08. The minimum atomic E-state index is -0.907. The number of hydrogen-bond acceptors (Lipinski definition) is 2. The van der Waals surface area contributed by atoms with Crippen LogP contribution in [0.3, 0.4) is 0 Å². The molecule has 1 aliphatic carbocycles. The molecule has 0 saturated heterocycles. The second-order valence-electron chi connectivity index (χ2n) is 5.00. The number of H-pyrrole nitrogens is 1. The third-order valence-electron chi connectivity index (χ3n) is 4.09. The number of aromatic nitrogens is 1. The molecule has 4 heteroatoms. The lowest BCUT2D eigenvalue weighted by Crippen LogP contribution is -2.32. The van der Waals surface area contributed by atoms with Gasteiger partial charge in [-0.25, -0.2) is 0 Å². The molecule has 0 unspecified atom stereocenters. The SMILES string of the molecule is O=C(O)C1(c2ccc3[nH]ccc3c2O)CCCC1. The first kappa shape index (κ1) is 11.1. The first-order valence-electron chi connectivity index (χ1n) is 6.18. The molecule has 0 spiro atoms. The van der Waals surface area contributed by atoms with Gasteiger partial charge in [-0.3, -0.25) is 4.79 Å². The summed E-state index contributed by atoms with van der Waals surface area (Å²) in [6.07, 6.45) is 4.75. The number of aliphatic carboxylic acids is 1. The van der Waals surface area contributed by atoms with Gasteiger partial charge in [0.1, 0.15) is 5.75 Å². The molecule has 1 heterocycles. The van der Waals surface area contributed by atoms with Crippen molar-refractivity contribution in [3.63, 3.8) is 0 Å². The molecule has 0 aliphatic heterocycles. The Morgan fingerprint density at radius 2 is 1.94 bits per heavy atom. The van der Waals surface area contributed by atoms with E-state index in [1.807, 2.05) is 6.07 Å². The van der Waals surface area contributed by atoms with Crippen LogP contribution in [0.15, 0.2) is 24.4 Å². The minimum Gasteiger partial charge on any atom is -0.507 e. The highest BCUT2D eigenvalue weighted by atomic mass is 16.4. The van der Waals surface area contributed by atoms with E-state index in [2.05, 4.69) is 4.98 Å². The van der Waals surface area contributed by atoms with Crippen LogP contribution in [0.25, 0.3) is 10.9 Å². The topological polar surface area (TPSA) is 73.3 Å². The molecule has 18 heavy (non-hydrogen) atoms. The Labute approximate surface area is 104 Å². The lowest BCUT2D eigenvalue weighted by atomic mass is 9.78. The molecular formula is C14H15NO3. The van der Waals surface area contributed by atoms with Crippen LogP contribution in [-0.2, 0) is 10.2 Å². The van der Waals surface area contributed by atoms with E-state index in [-0.39, 0.29) is 5.75 Å². The van der Waals surface area contributed by atoms with Crippen molar-refractivity contribution in [2.75, 3.05) is 0 Å². The Bertz CT molecular complexity index is 609. The summed E-state index contributed by atoms with van der Waals surface area (Å²) in [7, 11) is 0. The van der Waals surface area contributed by atoms with Gasteiger partial charge in [0.15, 0.2) is 0 Å². The molecule has 2 aromatic rings. The van der Waals surface area contributed by atoms with Crippen LogP contribution in [-0.4, -0.2) is 21.2 Å². The molecule has 0 amide bonds. The summed E-state index contributed by atoms with van der Waals surface area (Å²) in [5.41, 5.74) is 0.476. The molecule has 3 rings (SSSR count). The number of fused-ring (bicyclic) bond motifs is 1. The van der Waals surface area contributed by atoms with Gasteiger partial charge in [0.25, 0.3) is 0 Å². The molecule has 3 N–H and O–H groups in total. The summed E-state index contributed by atoms with van der Waals surface area (Å²) in [5.74, 6) is -0.719. The molecule has 4 nitrogen and oxygen atoms in total. The second-order valence-corrected chi connectivity index (χ2v) is 5.00. The van der Waals surface area contributed by atoms with Crippen LogP contribution in [0.2, 0.25) is 0 Å². The number of phenolic OH excluding ortho intramolecular Hbond substituents is 1. The van der Waals surface area contributed by atoms with Crippen molar-refractivity contribution in [2.45, 2.75) is 31.1 Å². The number of carboxylic acids is 1. The summed E-state index contributed by atoms with van der Waals surface area (Å²) < 4.78 is 0. The van der Waals surface area contributed by atoms with E-state index in [4.69, 9.17) is 0 Å². The lowest BCUT2D eigenvalue weighted by Gasteiger charge is -2.25. The van der Waals surface area contributed by atoms with Crippen molar-refractivity contribution >= 4 is 16.9 Å². The molecule has 94 valence electrons. The Hall–Kier alpha value is -1.97. The van der Waals surface area contributed by atoms with Gasteiger partial charge in [0, 0.05) is 22.7 Å². The number of aromatic hydroxyl groups is 1. The Morgan fingerprint density at radius 3 is 2.61 bits per heavy atom. The van der Waals surface area contributed by atoms with Crippen molar-refractivity contribution in [1.29, 1.82) is 0 Å². The van der Waals surface area contributed by atoms with Gasteiger partial charge in [-0.2, -0.15) is 0 Å². The number of carbonyl (C=O) groups is 1. The first-order chi connectivity index (χ1) is 8.65. The summed E-state index contributed by atoms with van der Waals surface area (Å²) in [6, 6.07) is 5.36. The fourth-order valence-electron chi connectivity index (χ4n) is 3.08. The zero-order valence-corrected chi connectivity index (χ0v) is 9.94. The van der Waals surface area contributed by atoms with Gasteiger partial charge in [-0.05, 0) is 25.0 Å². The number of rotatable bonds is 2. The highest BCUT2D eigenvalue weighted by Gasteiger charge is 2.44. The number of phenols is 1. The molecule has 0 atom stereocenters. The molecule has 0 radical (unpaired) electrons. The van der Waals surface area contributed by atoms with E-state index in [1.54, 1.807) is 18.3 Å². The monoisotopic (exact) mass is 245 g/mol. The Balaban J connectivity index is 2.23. The standard InChI is InChI=1S/C14H15NO3/c16-12-9-5-8-15-11(9)4-3-10(12)14(13(17)18)6-1-2-7-14/h3-5,8,15-16H,1-2,6-7H2,(H,17,18). The van der Waals surface area contributed by atoms with Crippen LogP contribution in [0.5, 0.6) is 5.75 Å². The van der Waals surface area contributed by atoms with E-state index >= 15 is 0 Å². The zero-order chi connectivity index (χ0) is 12.8. The summed E-state index contributed by atoms with van der Waals surface area (Å²) >= 11 is 0. The van der Waals surface area contributed by atoms with Crippen molar-refractivity contribution in [2.24, 2.45) is 0 Å². The Morgan fingerprint density at radius 1 is 1.22 bits per heavy atom. The largest absolute Gasteiger partial charge is 0.507 e. The molecule has 0 bridgehead atoms. The third-order valence-corrected chi connectivity index (χ3v) is 4.09. The first-order valence-corrected chi connectivity index (χ1v) is 6.18. The summed E-state index contributed by atoms with van der Waals surface area (Å²) in [4.78, 5) is 14.6. The predicted octanol–water partition coefficient (Wildman–Crippen LogP) is 2.77. The van der Waals surface area contributed by atoms with Crippen molar-refractivity contribution in [1.82, 2.24) is 4.98 Å². The average molecular weight is 245 g/mol. The minimum absolute atomic E-state index is 0.109. The maximum Gasteiger partial charge on any atom is 0.314 e. The van der Waals surface area contributed by atoms with Crippen molar-refractivity contribution in [3.8, 4) is 5.75 Å². The fraction of sp³-hybridized carbons (Fsp3) is 0.357. The molecule has 1 aliphatic rings. The van der Waals surface area contributed by atoms with Crippen LogP contribution in [0.1, 0.15) is 31.2 Å². The van der Waals surface area contributed by atoms with Gasteiger partial charge in [-0.15, -0.1) is 0 Å². The quantitative estimate of drug-likeness (QED) is 0.761. The second kappa shape index (κ2) is 3.77. The van der Waals surface area contributed by atoms with Crippen molar-refractivity contribution in [3.05, 3.63) is 30.0 Å². The van der Waals surface area contributed by atoms with E-state index in [9.17, 15) is 15.0 Å². The maximum atomic E-state index is 11.6. The van der Waals surface area contributed by atoms with Crippen molar-refractivity contribution < 1.29 is 15.0 Å². The van der Waals surface area contributed by atoms with Gasteiger partial charge in [-0.1, -0.05) is 18.9 Å². The number of hydrogen-bond donors (Lipinski definition) is 3. The maximum absolute atomic E-state index is 11.6. The van der Waals surface area contributed by atoms with Crippen LogP contribution < -0.4 is 0 Å². The van der Waals surface area contributed by atoms with Crippen LogP contribution >= 0.6 is 0 Å². The summed E-state index contributed by atoms with van der Waals surface area (Å²) in [5, 5.41) is 20.6. The number of aromatic amines is 1. The van der Waals surface area contributed by atoms with E-state index < -0.39 is 11.4 Å². The number of nitrogens with one attached hydrogen (secondary N) is 1. The van der Waals surface area contributed by atoms with Gasteiger partial charge >= 0.3 is 5.97 Å². The molecular weight excluding hydrogens is 230 g/mol. The van der Waals surface area contributed by atoms with Gasteiger partial charge in [0.2, 0.25) is 0 Å². The number of benzene rings is 1. The molecule has 1 saturated carbocycles. The van der Waals surface area contributed by atoms with Crippen LogP contribution in [0, 0.1) is 0 Å². The van der Waals surface area contributed by atoms with Crippen LogP contribution in [0.4, 0.5) is 0 Å². The zero-order valence-electron chi connectivity index (χ0n) is 9.94. The van der Waals surface area contributed by atoms with Gasteiger partial charge < -0.3 is 15.2 Å². The average Bonchev–Trinajstić information content (AvgIpc) is 2.98. The normalized spacial score (nSPS) is 18.2. The highest BCUT2D eigenvalue weighted by molar-refractivity contribution is 5.91. The smallest absolute Gasteiger partial charge is 0.314 e. The molecule has 1 aromatic heterocycles. The third kappa shape index (κ3) is 1.35. The van der Waals surface area contributed by atoms with E-state index in [0.29, 0.717) is 23.8 Å². The predicted molar refractivity (Wildman–Crippen MR) is 67.7 cm³/mol. The summed E-state index contributed by atoms with van der Waals surface area (Å²) in [6.45, 7) is 0. The number of carboxylic acid groups (broad SMARTS) is 1.